The summed E-state index contributed by atoms with van der Waals surface area (Å²) in [5, 5.41) is 0.0908. The van der Waals surface area contributed by atoms with Gasteiger partial charge >= 0.3 is 0 Å². The monoisotopic (exact) mass is 369 g/mol. The maximum Gasteiger partial charge on any atom is 0.234 e. The Bertz CT molecular complexity index is 531. The van der Waals surface area contributed by atoms with E-state index in [1.807, 2.05) is 12.1 Å². The third kappa shape index (κ3) is 3.09. The van der Waals surface area contributed by atoms with E-state index < -0.39 is 0 Å². The number of ether oxygens (including phenoxy) is 1. The number of carbonyl (C=O) groups excluding carboxylic acids is 1. The van der Waals surface area contributed by atoms with Gasteiger partial charge in [-0.15, -0.1) is 11.8 Å². The fourth-order valence-corrected chi connectivity index (χ4v) is 4.97. The van der Waals surface area contributed by atoms with E-state index in [9.17, 15) is 4.79 Å². The predicted molar refractivity (Wildman–Crippen MR) is 89.6 cm³/mol. The van der Waals surface area contributed by atoms with E-state index in [2.05, 4.69) is 26.9 Å². The van der Waals surface area contributed by atoms with E-state index in [1.165, 1.54) is 19.3 Å². The van der Waals surface area contributed by atoms with Crippen molar-refractivity contribution in [3.63, 3.8) is 0 Å². The third-order valence-corrected chi connectivity index (χ3v) is 6.03. The standard InChI is InChI=1S/C16H20BrNO2S/c1-20-14-8-7-11(17)9-13(14)16-18(15(19)10-21-16)12-5-3-2-4-6-12/h7-9,12,16H,2-6,10H2,1H3. The van der Waals surface area contributed by atoms with Gasteiger partial charge in [-0.25, -0.2) is 0 Å². The zero-order chi connectivity index (χ0) is 14.8. The van der Waals surface area contributed by atoms with Crippen LogP contribution >= 0.6 is 27.7 Å². The van der Waals surface area contributed by atoms with E-state index in [-0.39, 0.29) is 11.3 Å². The highest BCUT2D eigenvalue weighted by Gasteiger charge is 2.39. The number of amides is 1. The number of nitrogens with zero attached hydrogens (tertiary/aromatic N) is 1. The molecule has 0 N–H and O–H groups in total. The van der Waals surface area contributed by atoms with Crippen LogP contribution in [0.1, 0.15) is 43.0 Å². The molecule has 3 rings (SSSR count). The Kier molecular flexibility index (Phi) is 4.79. The molecule has 2 fully saturated rings. The van der Waals surface area contributed by atoms with E-state index in [0.29, 0.717) is 11.8 Å². The van der Waals surface area contributed by atoms with Crippen molar-refractivity contribution in [3.05, 3.63) is 28.2 Å². The smallest absolute Gasteiger partial charge is 0.234 e. The Morgan fingerprint density at radius 2 is 2.05 bits per heavy atom. The summed E-state index contributed by atoms with van der Waals surface area (Å²) in [5.74, 6) is 1.72. The first-order valence-electron chi connectivity index (χ1n) is 7.47. The molecule has 2 aliphatic rings. The predicted octanol–water partition coefficient (Wildman–Crippen LogP) is 4.36. The van der Waals surface area contributed by atoms with Gasteiger partial charge < -0.3 is 9.64 Å². The van der Waals surface area contributed by atoms with E-state index in [4.69, 9.17) is 4.74 Å². The van der Waals surface area contributed by atoms with Crippen molar-refractivity contribution >= 4 is 33.6 Å². The number of thioether (sulfide) groups is 1. The van der Waals surface area contributed by atoms with Gasteiger partial charge in [0.05, 0.1) is 12.9 Å². The number of rotatable bonds is 3. The van der Waals surface area contributed by atoms with Crippen LogP contribution in [0.2, 0.25) is 0 Å². The summed E-state index contributed by atoms with van der Waals surface area (Å²) in [4.78, 5) is 14.5. The lowest BCUT2D eigenvalue weighted by atomic mass is 9.93. The average Bonchev–Trinajstić information content (AvgIpc) is 2.89. The van der Waals surface area contributed by atoms with Gasteiger partial charge in [-0.3, -0.25) is 4.79 Å². The summed E-state index contributed by atoms with van der Waals surface area (Å²) in [5.41, 5.74) is 1.10. The van der Waals surface area contributed by atoms with Crippen molar-refractivity contribution in [2.75, 3.05) is 12.9 Å². The lowest BCUT2D eigenvalue weighted by Gasteiger charge is -2.35. The maximum atomic E-state index is 12.4. The van der Waals surface area contributed by atoms with Gasteiger partial charge in [0, 0.05) is 16.1 Å². The molecule has 1 aromatic rings. The third-order valence-electron chi connectivity index (χ3n) is 4.33. The topological polar surface area (TPSA) is 29.5 Å². The van der Waals surface area contributed by atoms with Crippen molar-refractivity contribution in [1.82, 2.24) is 4.90 Å². The maximum absolute atomic E-state index is 12.4. The average molecular weight is 370 g/mol. The van der Waals surface area contributed by atoms with Crippen molar-refractivity contribution in [1.29, 1.82) is 0 Å². The molecule has 3 nitrogen and oxygen atoms in total. The molecular weight excluding hydrogens is 350 g/mol. The van der Waals surface area contributed by atoms with Crippen LogP contribution in [0.15, 0.2) is 22.7 Å². The van der Waals surface area contributed by atoms with Gasteiger partial charge in [0.2, 0.25) is 5.91 Å². The quantitative estimate of drug-likeness (QED) is 0.792. The Morgan fingerprint density at radius 3 is 2.76 bits per heavy atom. The van der Waals surface area contributed by atoms with Gasteiger partial charge in [-0.1, -0.05) is 35.2 Å². The van der Waals surface area contributed by atoms with Crippen LogP contribution in [0.4, 0.5) is 0 Å². The van der Waals surface area contributed by atoms with Gasteiger partial charge in [0.1, 0.15) is 11.1 Å². The Morgan fingerprint density at radius 1 is 1.29 bits per heavy atom. The molecule has 1 atom stereocenters. The zero-order valence-electron chi connectivity index (χ0n) is 12.2. The highest BCUT2D eigenvalue weighted by Crippen LogP contribution is 2.46. The van der Waals surface area contributed by atoms with Crippen molar-refractivity contribution in [2.45, 2.75) is 43.5 Å². The van der Waals surface area contributed by atoms with Gasteiger partial charge in [0.25, 0.3) is 0 Å². The summed E-state index contributed by atoms with van der Waals surface area (Å²) in [6, 6.07) is 6.44. The van der Waals surface area contributed by atoms with Crippen molar-refractivity contribution in [3.8, 4) is 5.75 Å². The molecule has 5 heteroatoms. The molecular formula is C16H20BrNO2S. The summed E-state index contributed by atoms with van der Waals surface area (Å²) in [6.45, 7) is 0. The summed E-state index contributed by atoms with van der Waals surface area (Å²) >= 11 is 5.25. The number of benzene rings is 1. The largest absolute Gasteiger partial charge is 0.496 e. The molecule has 1 saturated heterocycles. The Balaban J connectivity index is 1.92. The normalized spacial score (nSPS) is 23.6. The molecule has 0 radical (unpaired) electrons. The molecule has 1 heterocycles. The number of hydrogen-bond donors (Lipinski definition) is 0. The van der Waals surface area contributed by atoms with E-state index >= 15 is 0 Å². The van der Waals surface area contributed by atoms with Crippen LogP contribution in [-0.4, -0.2) is 29.7 Å². The van der Waals surface area contributed by atoms with Crippen molar-refractivity contribution in [2.24, 2.45) is 0 Å². The summed E-state index contributed by atoms with van der Waals surface area (Å²) in [7, 11) is 1.69. The highest BCUT2D eigenvalue weighted by atomic mass is 79.9. The fraction of sp³-hybridized carbons (Fsp3) is 0.562. The Hall–Kier alpha value is -0.680. The first-order valence-corrected chi connectivity index (χ1v) is 9.31. The second kappa shape index (κ2) is 6.61. The van der Waals surface area contributed by atoms with Crippen LogP contribution in [0, 0.1) is 0 Å². The molecule has 1 aliphatic carbocycles. The molecule has 114 valence electrons. The molecule has 0 spiro atoms. The zero-order valence-corrected chi connectivity index (χ0v) is 14.6. The van der Waals surface area contributed by atoms with Gasteiger partial charge in [0.15, 0.2) is 0 Å². The first kappa shape index (κ1) is 15.2. The van der Waals surface area contributed by atoms with Crippen LogP contribution in [0.3, 0.4) is 0 Å². The molecule has 1 aromatic carbocycles. The lowest BCUT2D eigenvalue weighted by Crippen LogP contribution is -2.39. The highest BCUT2D eigenvalue weighted by molar-refractivity contribution is 9.10. The summed E-state index contributed by atoms with van der Waals surface area (Å²) < 4.78 is 6.54. The number of methoxy groups -OCH3 is 1. The first-order chi connectivity index (χ1) is 10.2. The van der Waals surface area contributed by atoms with Gasteiger partial charge in [-0.05, 0) is 31.0 Å². The minimum Gasteiger partial charge on any atom is -0.496 e. The number of halogens is 1. The second-order valence-corrected chi connectivity index (χ2v) is 7.63. The fourth-order valence-electron chi connectivity index (χ4n) is 3.33. The van der Waals surface area contributed by atoms with Crippen LogP contribution in [0.5, 0.6) is 5.75 Å². The molecule has 1 saturated carbocycles. The molecule has 1 amide bonds. The molecule has 1 aliphatic heterocycles. The second-order valence-electron chi connectivity index (χ2n) is 5.64. The Labute approximate surface area is 138 Å². The minimum atomic E-state index is 0.0908. The lowest BCUT2D eigenvalue weighted by molar-refractivity contribution is -0.131. The van der Waals surface area contributed by atoms with Crippen molar-refractivity contribution < 1.29 is 9.53 Å². The molecule has 1 unspecified atom stereocenters. The van der Waals surface area contributed by atoms with E-state index in [1.54, 1.807) is 18.9 Å². The molecule has 21 heavy (non-hydrogen) atoms. The number of hydrogen-bond acceptors (Lipinski definition) is 3. The molecule has 0 aromatic heterocycles. The minimum absolute atomic E-state index is 0.0908. The van der Waals surface area contributed by atoms with Crippen LogP contribution < -0.4 is 4.74 Å². The van der Waals surface area contributed by atoms with E-state index in [0.717, 1.165) is 28.6 Å². The summed E-state index contributed by atoms with van der Waals surface area (Å²) in [6.07, 6.45) is 6.05. The number of carbonyl (C=O) groups is 1. The SMILES string of the molecule is COc1ccc(Br)cc1C1SCC(=O)N1C1CCCCC1. The van der Waals surface area contributed by atoms with Crippen LogP contribution in [-0.2, 0) is 4.79 Å². The van der Waals surface area contributed by atoms with Crippen LogP contribution in [0.25, 0.3) is 0 Å². The van der Waals surface area contributed by atoms with Gasteiger partial charge in [-0.2, -0.15) is 0 Å². The molecule has 0 bridgehead atoms.